The number of hydrogen-bond acceptors (Lipinski definition) is 4. The number of nitrogens with zero attached hydrogens (tertiary/aromatic N) is 2. The fourth-order valence-corrected chi connectivity index (χ4v) is 3.80. The molecule has 2 aromatic rings. The van der Waals surface area contributed by atoms with Crippen molar-refractivity contribution in [3.05, 3.63) is 65.1 Å². The molecule has 2 atom stereocenters. The number of carbonyl (C=O) groups is 4. The van der Waals surface area contributed by atoms with Gasteiger partial charge in [-0.3, -0.25) is 14.4 Å². The Morgan fingerprint density at radius 2 is 1.75 bits per heavy atom. The zero-order valence-corrected chi connectivity index (χ0v) is 18.4. The summed E-state index contributed by atoms with van der Waals surface area (Å²) in [6.45, 7) is 5.49. The second-order valence-electron chi connectivity index (χ2n) is 7.87. The van der Waals surface area contributed by atoms with Gasteiger partial charge >= 0.3 is 12.0 Å². The zero-order chi connectivity index (χ0) is 23.6. The van der Waals surface area contributed by atoms with Crippen molar-refractivity contribution >= 4 is 23.7 Å². The normalized spacial score (nSPS) is 17.1. The molecule has 3 amide bonds. The molecule has 1 aliphatic rings. The lowest BCUT2D eigenvalue weighted by Gasteiger charge is -2.27. The van der Waals surface area contributed by atoms with Crippen molar-refractivity contribution in [1.82, 2.24) is 20.1 Å². The van der Waals surface area contributed by atoms with E-state index in [-0.39, 0.29) is 6.42 Å². The highest BCUT2D eigenvalue weighted by atomic mass is 16.4. The van der Waals surface area contributed by atoms with E-state index >= 15 is 0 Å². The smallest absolute Gasteiger partial charge is 0.316 e. The lowest BCUT2D eigenvalue weighted by atomic mass is 10.0. The van der Waals surface area contributed by atoms with Gasteiger partial charge in [0.15, 0.2) is 11.8 Å². The molecule has 1 aromatic carbocycles. The van der Waals surface area contributed by atoms with Crippen molar-refractivity contribution < 1.29 is 24.3 Å². The van der Waals surface area contributed by atoms with Gasteiger partial charge in [0.25, 0.3) is 5.91 Å². The Labute approximate surface area is 185 Å². The van der Waals surface area contributed by atoms with Crippen LogP contribution in [-0.4, -0.2) is 51.4 Å². The number of aliphatic carboxylic acids is 1. The van der Waals surface area contributed by atoms with Crippen molar-refractivity contribution in [1.29, 1.82) is 0 Å². The Balaban J connectivity index is 1.83. The maximum atomic E-state index is 12.6. The Bertz CT molecular complexity index is 1100. The van der Waals surface area contributed by atoms with Crippen molar-refractivity contribution in [3.63, 3.8) is 0 Å². The highest BCUT2D eigenvalue weighted by molar-refractivity contribution is 6.16. The van der Waals surface area contributed by atoms with E-state index in [1.165, 1.54) is 18.1 Å². The van der Waals surface area contributed by atoms with E-state index < -0.39 is 35.8 Å². The Hall–Kier alpha value is -3.88. The molecule has 0 fully saturated rings. The number of hydrogen-bond donors (Lipinski definition) is 3. The number of aromatic nitrogens is 1. The highest BCUT2D eigenvalue weighted by Gasteiger charge is 2.35. The third kappa shape index (κ3) is 4.72. The zero-order valence-electron chi connectivity index (χ0n) is 18.4. The first-order valence-electron chi connectivity index (χ1n) is 10.1. The lowest BCUT2D eigenvalue weighted by Crippen LogP contribution is -2.56. The van der Waals surface area contributed by atoms with Crippen LogP contribution in [-0.2, 0) is 14.4 Å². The average molecular weight is 438 g/mol. The fraction of sp³-hybridized carbons (Fsp3) is 0.304. The molecule has 0 saturated heterocycles. The first-order chi connectivity index (χ1) is 15.1. The van der Waals surface area contributed by atoms with Crippen LogP contribution < -0.4 is 10.6 Å². The average Bonchev–Trinajstić information content (AvgIpc) is 3.07. The van der Waals surface area contributed by atoms with Gasteiger partial charge in [-0.05, 0) is 50.6 Å². The number of benzene rings is 1. The Kier molecular flexibility index (Phi) is 6.47. The summed E-state index contributed by atoms with van der Waals surface area (Å²) in [5, 5.41) is 14.4. The van der Waals surface area contributed by atoms with Crippen LogP contribution >= 0.6 is 0 Å². The second-order valence-corrected chi connectivity index (χ2v) is 7.87. The van der Waals surface area contributed by atoms with Gasteiger partial charge in [-0.15, -0.1) is 0 Å². The first kappa shape index (κ1) is 22.8. The molecule has 3 N–H and O–H groups in total. The van der Waals surface area contributed by atoms with E-state index in [4.69, 9.17) is 0 Å². The molecule has 0 aliphatic carbocycles. The molecule has 1 aromatic heterocycles. The van der Waals surface area contributed by atoms with Gasteiger partial charge < -0.3 is 25.2 Å². The maximum Gasteiger partial charge on any atom is 0.316 e. The van der Waals surface area contributed by atoms with E-state index in [1.54, 1.807) is 19.1 Å². The number of nitrogens with one attached hydrogen (secondary N) is 2. The van der Waals surface area contributed by atoms with Crippen molar-refractivity contribution in [2.24, 2.45) is 0 Å². The summed E-state index contributed by atoms with van der Waals surface area (Å²) < 4.78 is 2.02. The molecule has 9 nitrogen and oxygen atoms in total. The van der Waals surface area contributed by atoms with Crippen LogP contribution in [0.4, 0.5) is 4.79 Å². The van der Waals surface area contributed by atoms with E-state index in [0.29, 0.717) is 11.1 Å². The fourth-order valence-electron chi connectivity index (χ4n) is 3.80. The topological polar surface area (TPSA) is 121 Å². The van der Waals surface area contributed by atoms with Crippen molar-refractivity contribution in [3.8, 4) is 5.69 Å². The summed E-state index contributed by atoms with van der Waals surface area (Å²) in [6, 6.07) is 8.15. The van der Waals surface area contributed by atoms with Gasteiger partial charge in [-0.1, -0.05) is 12.1 Å². The number of likely N-dealkylation sites (N-methyl/N-ethyl adjacent to an activating group) is 1. The molecule has 2 heterocycles. The number of Topliss-reactive ketones (excluding diaryl/α,β-unsaturated/α-hetero) is 1. The third-order valence-corrected chi connectivity index (χ3v) is 5.39. The number of urea groups is 1. The van der Waals surface area contributed by atoms with E-state index in [9.17, 15) is 24.3 Å². The van der Waals surface area contributed by atoms with Gasteiger partial charge in [0.1, 0.15) is 0 Å². The highest BCUT2D eigenvalue weighted by Crippen LogP contribution is 2.23. The number of ketones is 1. The van der Waals surface area contributed by atoms with Gasteiger partial charge in [0, 0.05) is 35.9 Å². The predicted molar refractivity (Wildman–Crippen MR) is 117 cm³/mol. The van der Waals surface area contributed by atoms with Gasteiger partial charge in [0.2, 0.25) is 0 Å². The van der Waals surface area contributed by atoms with Gasteiger partial charge in [-0.25, -0.2) is 4.79 Å². The maximum absolute atomic E-state index is 12.6. The van der Waals surface area contributed by atoms with Crippen LogP contribution in [0.2, 0.25) is 0 Å². The minimum absolute atomic E-state index is 0.338. The van der Waals surface area contributed by atoms with Gasteiger partial charge in [0.05, 0.1) is 12.5 Å². The van der Waals surface area contributed by atoms with Crippen LogP contribution in [0.25, 0.3) is 5.69 Å². The Morgan fingerprint density at radius 3 is 2.38 bits per heavy atom. The van der Waals surface area contributed by atoms with Crippen LogP contribution in [0.3, 0.4) is 0 Å². The molecule has 0 radical (unpaired) electrons. The number of carboxylic acids is 1. The molecule has 168 valence electrons. The summed E-state index contributed by atoms with van der Waals surface area (Å²) in [6.07, 6.45) is 1.04. The number of carboxylic acid groups (broad SMARTS) is 1. The van der Waals surface area contributed by atoms with Crippen molar-refractivity contribution in [2.75, 3.05) is 7.05 Å². The van der Waals surface area contributed by atoms with Crippen molar-refractivity contribution in [2.45, 2.75) is 39.3 Å². The number of aryl methyl sites for hydroxylation is 2. The number of carbonyl (C=O) groups excluding carboxylic acids is 3. The Morgan fingerprint density at radius 1 is 1.09 bits per heavy atom. The molecule has 0 saturated carbocycles. The third-order valence-electron chi connectivity index (χ3n) is 5.39. The molecule has 32 heavy (non-hydrogen) atoms. The SMILES string of the molecule is CC1=CN(C)C(=O)C(NC(=O)NC(CC(=O)O)c2cccc(-n3c(C)ccc3C)c2)C1=O. The van der Waals surface area contributed by atoms with E-state index in [1.807, 2.05) is 42.7 Å². The molecule has 2 unspecified atom stereocenters. The summed E-state index contributed by atoms with van der Waals surface area (Å²) in [5.41, 5.74) is 3.79. The monoisotopic (exact) mass is 438 g/mol. The van der Waals surface area contributed by atoms with Crippen LogP contribution in [0, 0.1) is 13.8 Å². The van der Waals surface area contributed by atoms with Crippen LogP contribution in [0.15, 0.2) is 48.2 Å². The predicted octanol–water partition coefficient (Wildman–Crippen LogP) is 2.22. The number of rotatable bonds is 6. The minimum Gasteiger partial charge on any atom is -0.481 e. The van der Waals surface area contributed by atoms with Crippen LogP contribution in [0.1, 0.15) is 36.3 Å². The number of amides is 3. The summed E-state index contributed by atoms with van der Waals surface area (Å²) in [4.78, 5) is 50.0. The molecular formula is C23H26N4O5. The summed E-state index contributed by atoms with van der Waals surface area (Å²) >= 11 is 0. The first-order valence-corrected chi connectivity index (χ1v) is 10.1. The molecule has 1 aliphatic heterocycles. The molecule has 9 heteroatoms. The lowest BCUT2D eigenvalue weighted by molar-refractivity contribution is -0.138. The summed E-state index contributed by atoms with van der Waals surface area (Å²) in [7, 11) is 1.49. The van der Waals surface area contributed by atoms with E-state index in [2.05, 4.69) is 10.6 Å². The van der Waals surface area contributed by atoms with E-state index in [0.717, 1.165) is 17.1 Å². The van der Waals surface area contributed by atoms with Crippen LogP contribution in [0.5, 0.6) is 0 Å². The largest absolute Gasteiger partial charge is 0.481 e. The molecule has 3 rings (SSSR count). The summed E-state index contributed by atoms with van der Waals surface area (Å²) in [5.74, 6) is -2.16. The minimum atomic E-state index is -1.35. The standard InChI is InChI=1S/C23H26N4O5/c1-13-12-26(4)22(31)20(21(13)30)25-23(32)24-18(11-19(28)29)16-6-5-7-17(10-16)27-14(2)8-9-15(27)3/h5-10,12,18,20H,11H2,1-4H3,(H,28,29)(H2,24,25,32). The molecule has 0 bridgehead atoms. The quantitative estimate of drug-likeness (QED) is 0.597. The second kappa shape index (κ2) is 9.09. The van der Waals surface area contributed by atoms with Gasteiger partial charge in [-0.2, -0.15) is 0 Å². The molecule has 0 spiro atoms. The molecular weight excluding hydrogens is 412 g/mol.